The van der Waals surface area contributed by atoms with Gasteiger partial charge < -0.3 is 34.1 Å². The van der Waals surface area contributed by atoms with Crippen molar-refractivity contribution in [3.05, 3.63) is 78.8 Å². The fraction of sp³-hybridized carbons (Fsp3) is 0.333. The number of rotatable bonds is 4. The van der Waals surface area contributed by atoms with Crippen LogP contribution in [0.3, 0.4) is 0 Å². The van der Waals surface area contributed by atoms with E-state index in [1.54, 1.807) is 18.2 Å². The molecule has 0 amide bonds. The molecule has 47 heavy (non-hydrogen) atoms. The molecule has 13 nitrogen and oxygen atoms in total. The van der Waals surface area contributed by atoms with Gasteiger partial charge in [0.2, 0.25) is 11.2 Å². The van der Waals surface area contributed by atoms with Gasteiger partial charge in [-0.15, -0.1) is 0 Å². The Balaban J connectivity index is 0.000000151. The first-order chi connectivity index (χ1) is 22.7. The Morgan fingerprint density at radius 1 is 0.830 bits per heavy atom. The van der Waals surface area contributed by atoms with Crippen LogP contribution < -0.4 is 11.1 Å². The number of nitrogens with zero attached hydrogens (tertiary/aromatic N) is 4. The summed E-state index contributed by atoms with van der Waals surface area (Å²) < 4.78 is 12.1. The van der Waals surface area contributed by atoms with Gasteiger partial charge in [-0.1, -0.05) is 27.8 Å². The Morgan fingerprint density at radius 3 is 1.87 bits per heavy atom. The molecule has 0 aliphatic carbocycles. The smallest absolute Gasteiger partial charge is 0.294 e. The zero-order valence-electron chi connectivity index (χ0n) is 25.1. The van der Waals surface area contributed by atoms with Crippen molar-refractivity contribution in [2.24, 2.45) is 0 Å². The quantitative estimate of drug-likeness (QED) is 0.170. The van der Waals surface area contributed by atoms with Crippen LogP contribution in [0.15, 0.2) is 59.3 Å². The van der Waals surface area contributed by atoms with Crippen molar-refractivity contribution in [3.63, 3.8) is 0 Å². The van der Waals surface area contributed by atoms with Crippen molar-refractivity contribution in [1.82, 2.24) is 29.7 Å². The molecule has 0 unspecified atom stereocenters. The summed E-state index contributed by atoms with van der Waals surface area (Å²) in [7, 11) is 0. The fourth-order valence-electron chi connectivity index (χ4n) is 6.08. The Labute approximate surface area is 275 Å². The van der Waals surface area contributed by atoms with Gasteiger partial charge in [0.15, 0.2) is 0 Å². The van der Waals surface area contributed by atoms with Gasteiger partial charge in [-0.3, -0.25) is 19.4 Å². The highest BCUT2D eigenvalue weighted by Crippen LogP contribution is 2.28. The standard InChI is InChI=1S/C18H17N3O4.C15H14BrN3O3/c22-7-1-2-11-3-4-14-13(8-11)16-17(25-14)18(24)20-15(19-16)10-21-6-5-12(23)9-21;16-8-1-2-11-10(5-8)13-14(22-11)15(21)18-12(17-13)7-19-4-3-9(20)6-19/h3-4,8,12,22-23H,5-7,9-10H2,(H,19,20,24);1-2,5,9,20H,3-4,6-7H2,(H,17,18,21)/t12-;9-/m00/s1. The van der Waals surface area contributed by atoms with E-state index < -0.39 is 0 Å². The molecule has 2 aromatic carbocycles. The number of fused-ring (bicyclic) bond motifs is 6. The third-order valence-corrected chi connectivity index (χ3v) is 8.75. The molecule has 2 fully saturated rings. The number of halogens is 1. The summed E-state index contributed by atoms with van der Waals surface area (Å²) in [6.45, 7) is 3.54. The Bertz CT molecular complexity index is 2300. The van der Waals surface area contributed by atoms with Crippen molar-refractivity contribution < 1.29 is 24.2 Å². The summed E-state index contributed by atoms with van der Waals surface area (Å²) in [6.07, 6.45) is 0.876. The predicted molar refractivity (Wildman–Crippen MR) is 178 cm³/mol. The molecule has 8 rings (SSSR count). The van der Waals surface area contributed by atoms with E-state index in [-0.39, 0.29) is 41.1 Å². The molecule has 0 bridgehead atoms. The SMILES string of the molecule is O=c1[nH]c(CN2CC[C@H](O)C2)nc2c1oc1ccc(Br)cc12.O=c1[nH]c(CN2CC[C@H](O)C2)nc2c1oc1ccc(C#CCO)cc12. The van der Waals surface area contributed by atoms with Gasteiger partial charge in [0.1, 0.15) is 40.5 Å². The van der Waals surface area contributed by atoms with E-state index >= 15 is 0 Å². The van der Waals surface area contributed by atoms with Crippen LogP contribution in [0.25, 0.3) is 44.1 Å². The third kappa shape index (κ3) is 6.59. The second-order valence-corrected chi connectivity index (χ2v) is 12.7. The maximum absolute atomic E-state index is 12.3. The average Bonchev–Trinajstić information content (AvgIpc) is 3.83. The summed E-state index contributed by atoms with van der Waals surface area (Å²) in [4.78, 5) is 43.4. The van der Waals surface area contributed by atoms with Crippen molar-refractivity contribution in [2.45, 2.75) is 38.1 Å². The van der Waals surface area contributed by atoms with Gasteiger partial charge in [0, 0.05) is 47.0 Å². The van der Waals surface area contributed by atoms with E-state index in [0.717, 1.165) is 41.4 Å². The maximum atomic E-state index is 12.3. The lowest BCUT2D eigenvalue weighted by atomic mass is 10.1. The molecule has 0 radical (unpaired) electrons. The molecular formula is C33H31BrN6O7. The van der Waals surface area contributed by atoms with Crippen molar-refractivity contribution in [1.29, 1.82) is 0 Å². The monoisotopic (exact) mass is 702 g/mol. The van der Waals surface area contributed by atoms with E-state index in [4.69, 9.17) is 13.9 Å². The van der Waals surface area contributed by atoms with Crippen LogP contribution in [-0.2, 0) is 13.1 Å². The van der Waals surface area contributed by atoms with Crippen LogP contribution in [0, 0.1) is 11.8 Å². The minimum atomic E-state index is -0.321. The minimum absolute atomic E-state index is 0.187. The van der Waals surface area contributed by atoms with Crippen molar-refractivity contribution in [3.8, 4) is 11.8 Å². The van der Waals surface area contributed by atoms with E-state index in [2.05, 4.69) is 57.5 Å². The normalized spacial score (nSPS) is 18.6. The summed E-state index contributed by atoms with van der Waals surface area (Å²) in [6, 6.07) is 10.9. The zero-order valence-corrected chi connectivity index (χ0v) is 26.7. The van der Waals surface area contributed by atoms with E-state index in [1.807, 2.05) is 18.2 Å². The molecule has 242 valence electrons. The average molecular weight is 704 g/mol. The van der Waals surface area contributed by atoms with Gasteiger partial charge in [-0.25, -0.2) is 9.97 Å². The molecule has 2 aliphatic heterocycles. The third-order valence-electron chi connectivity index (χ3n) is 8.26. The summed E-state index contributed by atoms with van der Waals surface area (Å²) in [5.41, 5.74) is 2.85. The Hall–Kier alpha value is -4.36. The van der Waals surface area contributed by atoms with Crippen LogP contribution in [0.5, 0.6) is 0 Å². The van der Waals surface area contributed by atoms with Crippen LogP contribution >= 0.6 is 15.9 Å². The molecule has 2 atom stereocenters. The van der Waals surface area contributed by atoms with Gasteiger partial charge in [0.05, 0.1) is 25.3 Å². The first-order valence-corrected chi connectivity index (χ1v) is 16.0. The van der Waals surface area contributed by atoms with Crippen LogP contribution in [0.1, 0.15) is 30.1 Å². The molecular weight excluding hydrogens is 672 g/mol. The number of aromatic nitrogens is 4. The van der Waals surface area contributed by atoms with Crippen LogP contribution in [0.4, 0.5) is 0 Å². The van der Waals surface area contributed by atoms with Gasteiger partial charge in [0.25, 0.3) is 11.1 Å². The number of likely N-dealkylation sites (tertiary alicyclic amines) is 2. The van der Waals surface area contributed by atoms with Crippen LogP contribution in [-0.4, -0.2) is 90.0 Å². The number of β-amino-alcohol motifs (C(OH)–C–C–N with tert-alkyl or cyclic N) is 2. The Morgan fingerprint density at radius 2 is 1.36 bits per heavy atom. The second kappa shape index (κ2) is 13.0. The number of aliphatic hydroxyl groups excluding tert-OH is 3. The lowest BCUT2D eigenvalue weighted by Gasteiger charge is -2.13. The molecule has 0 saturated carbocycles. The highest BCUT2D eigenvalue weighted by Gasteiger charge is 2.23. The van der Waals surface area contributed by atoms with Crippen LogP contribution in [0.2, 0.25) is 0 Å². The second-order valence-electron chi connectivity index (χ2n) is 11.8. The molecule has 4 aromatic heterocycles. The minimum Gasteiger partial charge on any atom is -0.449 e. The van der Waals surface area contributed by atoms with E-state index in [1.165, 1.54) is 0 Å². The highest BCUT2D eigenvalue weighted by molar-refractivity contribution is 9.10. The highest BCUT2D eigenvalue weighted by atomic mass is 79.9. The summed E-state index contributed by atoms with van der Waals surface area (Å²) in [5, 5.41) is 29.6. The number of furan rings is 2. The van der Waals surface area contributed by atoms with Crippen molar-refractivity contribution in [2.75, 3.05) is 32.8 Å². The summed E-state index contributed by atoms with van der Waals surface area (Å²) in [5.74, 6) is 6.58. The van der Waals surface area contributed by atoms with E-state index in [9.17, 15) is 19.8 Å². The number of hydrogen-bond donors (Lipinski definition) is 5. The first kappa shape index (κ1) is 31.3. The molecule has 5 N–H and O–H groups in total. The fourth-order valence-corrected chi connectivity index (χ4v) is 6.44. The lowest BCUT2D eigenvalue weighted by molar-refractivity contribution is 0.173. The van der Waals surface area contributed by atoms with Gasteiger partial charge >= 0.3 is 0 Å². The number of H-pyrrole nitrogens is 2. The zero-order chi connectivity index (χ0) is 32.7. The number of aliphatic hydroxyl groups is 3. The number of aromatic amines is 2. The molecule has 14 heteroatoms. The molecule has 2 saturated heterocycles. The van der Waals surface area contributed by atoms with Crippen molar-refractivity contribution >= 4 is 60.1 Å². The largest absolute Gasteiger partial charge is 0.449 e. The molecule has 6 heterocycles. The van der Waals surface area contributed by atoms with E-state index in [0.29, 0.717) is 65.4 Å². The van der Waals surface area contributed by atoms with Gasteiger partial charge in [-0.2, -0.15) is 0 Å². The number of benzene rings is 2. The predicted octanol–water partition coefficient (Wildman–Crippen LogP) is 2.58. The molecule has 6 aromatic rings. The lowest BCUT2D eigenvalue weighted by Crippen LogP contribution is -2.24. The molecule has 2 aliphatic rings. The first-order valence-electron chi connectivity index (χ1n) is 15.2. The Kier molecular flexibility index (Phi) is 8.67. The maximum Gasteiger partial charge on any atom is 0.294 e. The summed E-state index contributed by atoms with van der Waals surface area (Å²) >= 11 is 3.43. The number of nitrogens with one attached hydrogen (secondary N) is 2. The van der Waals surface area contributed by atoms with Gasteiger partial charge in [-0.05, 0) is 49.2 Å². The molecule has 0 spiro atoms. The topological polar surface area (TPSA) is 185 Å². The number of hydrogen-bond acceptors (Lipinski definition) is 11.